The van der Waals surface area contributed by atoms with Gasteiger partial charge in [0, 0.05) is 0 Å². The summed E-state index contributed by atoms with van der Waals surface area (Å²) in [6.07, 6.45) is 0. The standard InChI is InChI=1S/C9H27SSi3/c1-11(2,3)10(12(4,5)6)13(7,8)9/h1-9H3/q+1. The predicted octanol–water partition coefficient (Wildman–Crippen LogP) is 4.11. The summed E-state index contributed by atoms with van der Waals surface area (Å²) in [6, 6.07) is 0. The van der Waals surface area contributed by atoms with Gasteiger partial charge in [-0.15, -0.1) is 0 Å². The van der Waals surface area contributed by atoms with Crippen molar-refractivity contribution in [2.24, 2.45) is 0 Å². The Hall–Kier alpha value is 1.00. The van der Waals surface area contributed by atoms with Gasteiger partial charge >= 0.3 is 0 Å². The second kappa shape index (κ2) is 3.87. The second-order valence-electron chi connectivity index (χ2n) is 6.64. The molecular weight excluding hydrogens is 224 g/mol. The zero-order valence-electron chi connectivity index (χ0n) is 10.9. The highest BCUT2D eigenvalue weighted by Crippen LogP contribution is 2.33. The summed E-state index contributed by atoms with van der Waals surface area (Å²) >= 11 is 0. The highest BCUT2D eigenvalue weighted by atomic mass is 32.7. The van der Waals surface area contributed by atoms with Gasteiger partial charge < -0.3 is 0 Å². The third-order valence-electron chi connectivity index (χ3n) is 1.84. The van der Waals surface area contributed by atoms with Crippen LogP contribution in [0.25, 0.3) is 0 Å². The van der Waals surface area contributed by atoms with Gasteiger partial charge in [0.1, 0.15) is 0 Å². The van der Waals surface area contributed by atoms with Gasteiger partial charge in [0.25, 0.3) is 21.7 Å². The SMILES string of the molecule is C[Si](C)(C)[S+]([Si](C)(C)C)[Si](C)(C)C. The Morgan fingerprint density at radius 1 is 0.462 bits per heavy atom. The first-order chi connectivity index (χ1) is 5.37. The first-order valence-electron chi connectivity index (χ1n) is 5.11. The van der Waals surface area contributed by atoms with Gasteiger partial charge in [0.15, 0.2) is 0 Å². The molecule has 0 radical (unpaired) electrons. The average Bonchev–Trinajstić information content (AvgIpc) is 1.44. The van der Waals surface area contributed by atoms with Gasteiger partial charge in [0.05, 0.1) is 0 Å². The number of hydrogen-bond acceptors (Lipinski definition) is 0. The van der Waals surface area contributed by atoms with Crippen molar-refractivity contribution in [2.45, 2.75) is 58.9 Å². The van der Waals surface area contributed by atoms with E-state index in [1.807, 2.05) is 0 Å². The number of hydrogen-bond donors (Lipinski definition) is 0. The van der Waals surface area contributed by atoms with Gasteiger partial charge in [0.2, 0.25) is 0 Å². The molecule has 0 N–H and O–H groups in total. The molecule has 0 spiro atoms. The Kier molecular flexibility index (Phi) is 4.17. The molecule has 0 rings (SSSR count). The lowest BCUT2D eigenvalue weighted by molar-refractivity contribution is 1.82. The predicted molar refractivity (Wildman–Crippen MR) is 77.4 cm³/mol. The van der Waals surface area contributed by atoms with Crippen molar-refractivity contribution < 1.29 is 0 Å². The van der Waals surface area contributed by atoms with Gasteiger partial charge in [-0.1, -0.05) is 0 Å². The minimum atomic E-state index is -0.906. The maximum absolute atomic E-state index is 2.58. The largest absolute Gasteiger partial charge is 0.255 e. The van der Waals surface area contributed by atoms with E-state index in [0.29, 0.717) is 0 Å². The quantitative estimate of drug-likeness (QED) is 0.523. The van der Waals surface area contributed by atoms with Gasteiger partial charge in [-0.25, -0.2) is 0 Å². The molecule has 0 amide bonds. The van der Waals surface area contributed by atoms with E-state index >= 15 is 0 Å². The molecule has 0 atom stereocenters. The van der Waals surface area contributed by atoms with Crippen molar-refractivity contribution in [1.82, 2.24) is 0 Å². The smallest absolute Gasteiger partial charge is 0.190 e. The summed E-state index contributed by atoms with van der Waals surface area (Å²) in [5.74, 6) is 0. The lowest BCUT2D eigenvalue weighted by Crippen LogP contribution is -2.60. The topological polar surface area (TPSA) is 0 Å². The van der Waals surface area contributed by atoms with E-state index in [1.54, 1.807) is 0 Å². The van der Waals surface area contributed by atoms with E-state index < -0.39 is 21.7 Å². The van der Waals surface area contributed by atoms with E-state index in [2.05, 4.69) is 58.9 Å². The molecule has 80 valence electrons. The Balaban J connectivity index is 5.02. The van der Waals surface area contributed by atoms with E-state index in [4.69, 9.17) is 0 Å². The van der Waals surface area contributed by atoms with Crippen LogP contribution in [0.1, 0.15) is 0 Å². The summed E-state index contributed by atoms with van der Waals surface area (Å²) in [7, 11) is -1.88. The fraction of sp³-hybridized carbons (Fsp3) is 1.00. The van der Waals surface area contributed by atoms with E-state index in [-0.39, 0.29) is 0 Å². The summed E-state index contributed by atoms with van der Waals surface area (Å²) < 4.78 is 0. The molecule has 0 aromatic rings. The van der Waals surface area contributed by atoms with Crippen molar-refractivity contribution in [3.8, 4) is 0 Å². The molecule has 0 aliphatic carbocycles. The van der Waals surface area contributed by atoms with Crippen LogP contribution in [0.15, 0.2) is 0 Å². The molecule has 13 heavy (non-hydrogen) atoms. The maximum atomic E-state index is 2.58. The summed E-state index contributed by atoms with van der Waals surface area (Å²) in [4.78, 5) is 0. The summed E-state index contributed by atoms with van der Waals surface area (Å²) in [6.45, 7) is 23.2. The molecule has 0 saturated heterocycles. The van der Waals surface area contributed by atoms with E-state index in [9.17, 15) is 0 Å². The van der Waals surface area contributed by atoms with Crippen LogP contribution in [-0.4, -0.2) is 21.7 Å². The molecule has 4 heteroatoms. The summed E-state index contributed by atoms with van der Waals surface area (Å²) in [5, 5.41) is 0. The third kappa shape index (κ3) is 4.36. The Bertz CT molecular complexity index is 137. The Morgan fingerprint density at radius 3 is 0.615 bits per heavy atom. The Labute approximate surface area is 89.8 Å². The van der Waals surface area contributed by atoms with Crippen molar-refractivity contribution in [3.63, 3.8) is 0 Å². The molecule has 0 bridgehead atoms. The van der Waals surface area contributed by atoms with Gasteiger partial charge in [-0.3, -0.25) is 0 Å². The lowest BCUT2D eigenvalue weighted by atomic mass is 11.8. The van der Waals surface area contributed by atoms with Crippen LogP contribution < -0.4 is 0 Å². The van der Waals surface area contributed by atoms with Crippen LogP contribution in [0.5, 0.6) is 0 Å². The lowest BCUT2D eigenvalue weighted by Gasteiger charge is -2.38. The van der Waals surface area contributed by atoms with Crippen LogP contribution >= 0.6 is 0 Å². The van der Waals surface area contributed by atoms with Crippen LogP contribution in [0, 0.1) is 0 Å². The van der Waals surface area contributed by atoms with Crippen LogP contribution in [-0.2, 0) is 9.24 Å². The molecule has 0 saturated carbocycles. The molecule has 0 fully saturated rings. The molecule has 0 aromatic carbocycles. The second-order valence-corrected chi connectivity index (χ2v) is 38.3. The minimum Gasteiger partial charge on any atom is -0.190 e. The average molecular weight is 252 g/mol. The normalized spacial score (nSPS) is 15.2. The van der Waals surface area contributed by atoms with Crippen molar-refractivity contribution in [1.29, 1.82) is 0 Å². The maximum Gasteiger partial charge on any atom is 0.255 e. The van der Waals surface area contributed by atoms with E-state index in [0.717, 1.165) is 9.24 Å². The number of rotatable bonds is 3. The first kappa shape index (κ1) is 14.0. The van der Waals surface area contributed by atoms with Crippen LogP contribution in [0.4, 0.5) is 0 Å². The van der Waals surface area contributed by atoms with Crippen molar-refractivity contribution in [3.05, 3.63) is 0 Å². The van der Waals surface area contributed by atoms with Gasteiger partial charge in [-0.05, 0) is 58.9 Å². The first-order valence-corrected chi connectivity index (χ1v) is 19.0. The Morgan fingerprint density at radius 2 is 0.615 bits per heavy atom. The minimum absolute atomic E-state index is 0.840. The molecule has 0 unspecified atom stereocenters. The van der Waals surface area contributed by atoms with Crippen molar-refractivity contribution in [2.75, 3.05) is 0 Å². The molecule has 0 heterocycles. The van der Waals surface area contributed by atoms with Gasteiger partial charge in [-0.2, -0.15) is 9.24 Å². The highest BCUT2D eigenvalue weighted by molar-refractivity contribution is 8.63. The monoisotopic (exact) mass is 251 g/mol. The molecule has 0 aromatic heterocycles. The molecular formula is C9H27SSi3+. The summed E-state index contributed by atoms with van der Waals surface area (Å²) in [5.41, 5.74) is 0. The highest BCUT2D eigenvalue weighted by Gasteiger charge is 2.54. The molecule has 0 aliphatic rings. The van der Waals surface area contributed by atoms with Crippen LogP contribution in [0.3, 0.4) is 0 Å². The molecule has 0 aliphatic heterocycles. The third-order valence-corrected chi connectivity index (χ3v) is 49.6. The van der Waals surface area contributed by atoms with Crippen molar-refractivity contribution >= 4 is 30.9 Å². The fourth-order valence-electron chi connectivity index (χ4n) is 2.76. The molecule has 0 nitrogen and oxygen atoms in total. The fourth-order valence-corrected chi connectivity index (χ4v) is 74.4. The van der Waals surface area contributed by atoms with E-state index in [1.165, 1.54) is 0 Å². The van der Waals surface area contributed by atoms with Crippen LogP contribution in [0.2, 0.25) is 58.9 Å². The zero-order valence-corrected chi connectivity index (χ0v) is 14.7. The zero-order chi connectivity index (χ0) is 11.1.